The van der Waals surface area contributed by atoms with Gasteiger partial charge in [-0.3, -0.25) is 0 Å². The first-order valence-corrected chi connectivity index (χ1v) is 7.71. The molecular formula is C12H9FO4S2. The molecule has 1 aromatic carbocycles. The fourth-order valence-corrected chi connectivity index (χ4v) is 3.79. The number of halogens is 1. The summed E-state index contributed by atoms with van der Waals surface area (Å²) in [6.07, 6.45) is 0. The molecule has 19 heavy (non-hydrogen) atoms. The molecule has 0 aliphatic rings. The largest absolute Gasteiger partial charge is 0.477 e. The smallest absolute Gasteiger partial charge is 0.346 e. The molecule has 0 aliphatic carbocycles. The van der Waals surface area contributed by atoms with E-state index in [1.54, 1.807) is 0 Å². The highest BCUT2D eigenvalue weighted by Gasteiger charge is 2.20. The van der Waals surface area contributed by atoms with Gasteiger partial charge in [0.05, 0.1) is 10.6 Å². The van der Waals surface area contributed by atoms with Gasteiger partial charge in [-0.1, -0.05) is 0 Å². The van der Waals surface area contributed by atoms with Crippen LogP contribution in [0.1, 0.15) is 15.2 Å². The number of carbonyl (C=O) groups is 1. The predicted molar refractivity (Wildman–Crippen MR) is 68.6 cm³/mol. The van der Waals surface area contributed by atoms with Crippen molar-refractivity contribution in [3.63, 3.8) is 0 Å². The molecule has 0 saturated heterocycles. The van der Waals surface area contributed by atoms with Gasteiger partial charge in [0, 0.05) is 0 Å². The molecule has 2 aromatic rings. The van der Waals surface area contributed by atoms with Crippen molar-refractivity contribution in [1.82, 2.24) is 0 Å². The van der Waals surface area contributed by atoms with Gasteiger partial charge in [0.2, 0.25) is 0 Å². The van der Waals surface area contributed by atoms with Gasteiger partial charge in [-0.05, 0) is 41.3 Å². The van der Waals surface area contributed by atoms with Crippen molar-refractivity contribution in [3.8, 4) is 0 Å². The number of aromatic carboxylic acids is 1. The molecule has 0 amide bonds. The molecule has 0 aliphatic heterocycles. The van der Waals surface area contributed by atoms with E-state index >= 15 is 0 Å². The van der Waals surface area contributed by atoms with Crippen LogP contribution in [0.4, 0.5) is 4.39 Å². The minimum Gasteiger partial charge on any atom is -0.477 e. The van der Waals surface area contributed by atoms with E-state index < -0.39 is 27.4 Å². The standard InChI is InChI=1S/C12H9FO4S2/c13-9-1-3-10(4-2-9)19(16,17)7-8-5-6-18-11(8)12(14)15/h1-6H,7H2,(H,14,15). The number of thiophene rings is 1. The number of hydrogen-bond donors (Lipinski definition) is 1. The normalized spacial score (nSPS) is 11.4. The number of sulfone groups is 1. The summed E-state index contributed by atoms with van der Waals surface area (Å²) in [6, 6.07) is 5.90. The van der Waals surface area contributed by atoms with E-state index in [9.17, 15) is 17.6 Å². The zero-order valence-corrected chi connectivity index (χ0v) is 11.2. The van der Waals surface area contributed by atoms with Crippen LogP contribution in [0.2, 0.25) is 0 Å². The lowest BCUT2D eigenvalue weighted by Crippen LogP contribution is -2.07. The Hall–Kier alpha value is -1.73. The number of carboxylic acid groups (broad SMARTS) is 1. The van der Waals surface area contributed by atoms with Crippen LogP contribution in [0.5, 0.6) is 0 Å². The molecule has 1 N–H and O–H groups in total. The lowest BCUT2D eigenvalue weighted by atomic mass is 10.3. The zero-order chi connectivity index (χ0) is 14.0. The van der Waals surface area contributed by atoms with Gasteiger partial charge in [-0.2, -0.15) is 0 Å². The third-order valence-electron chi connectivity index (χ3n) is 2.46. The summed E-state index contributed by atoms with van der Waals surface area (Å²) < 4.78 is 36.9. The van der Waals surface area contributed by atoms with Crippen LogP contribution in [0.3, 0.4) is 0 Å². The topological polar surface area (TPSA) is 71.4 Å². The molecule has 0 radical (unpaired) electrons. The van der Waals surface area contributed by atoms with Gasteiger partial charge in [0.15, 0.2) is 9.84 Å². The van der Waals surface area contributed by atoms with Crippen LogP contribution in [-0.2, 0) is 15.6 Å². The summed E-state index contributed by atoms with van der Waals surface area (Å²) in [4.78, 5) is 10.9. The van der Waals surface area contributed by atoms with E-state index in [0.717, 1.165) is 35.6 Å². The molecule has 4 nitrogen and oxygen atoms in total. The van der Waals surface area contributed by atoms with Crippen molar-refractivity contribution in [1.29, 1.82) is 0 Å². The molecule has 0 spiro atoms. The molecular weight excluding hydrogens is 291 g/mol. The van der Waals surface area contributed by atoms with Crippen LogP contribution in [0.15, 0.2) is 40.6 Å². The molecule has 100 valence electrons. The van der Waals surface area contributed by atoms with Crippen molar-refractivity contribution in [3.05, 3.63) is 52.0 Å². The van der Waals surface area contributed by atoms with E-state index in [0.29, 0.717) is 0 Å². The quantitative estimate of drug-likeness (QED) is 0.881. The lowest BCUT2D eigenvalue weighted by molar-refractivity contribution is 0.0701. The molecule has 1 heterocycles. The van der Waals surface area contributed by atoms with Gasteiger partial charge >= 0.3 is 5.97 Å². The second-order valence-corrected chi connectivity index (χ2v) is 6.70. The highest BCUT2D eigenvalue weighted by molar-refractivity contribution is 7.90. The SMILES string of the molecule is O=C(O)c1sccc1CS(=O)(=O)c1ccc(F)cc1. The fourth-order valence-electron chi connectivity index (χ4n) is 1.57. The first-order chi connectivity index (χ1) is 8.90. The zero-order valence-electron chi connectivity index (χ0n) is 9.54. The maximum Gasteiger partial charge on any atom is 0.346 e. The maximum atomic E-state index is 12.8. The molecule has 0 bridgehead atoms. The summed E-state index contributed by atoms with van der Waals surface area (Å²) in [5.41, 5.74) is 0.238. The minimum atomic E-state index is -3.68. The molecule has 1 aromatic heterocycles. The Morgan fingerprint density at radius 2 is 1.84 bits per heavy atom. The first-order valence-electron chi connectivity index (χ1n) is 5.18. The van der Waals surface area contributed by atoms with Crippen LogP contribution < -0.4 is 0 Å². The van der Waals surface area contributed by atoms with E-state index in [2.05, 4.69) is 0 Å². The molecule has 7 heteroatoms. The fraction of sp³-hybridized carbons (Fsp3) is 0.0833. The van der Waals surface area contributed by atoms with Crippen molar-refractivity contribution in [2.24, 2.45) is 0 Å². The van der Waals surface area contributed by atoms with Crippen LogP contribution in [-0.4, -0.2) is 19.5 Å². The van der Waals surface area contributed by atoms with Crippen LogP contribution in [0.25, 0.3) is 0 Å². The van der Waals surface area contributed by atoms with E-state index in [4.69, 9.17) is 5.11 Å². The van der Waals surface area contributed by atoms with Gasteiger partial charge in [0.1, 0.15) is 10.7 Å². The highest BCUT2D eigenvalue weighted by Crippen LogP contribution is 2.23. The average molecular weight is 300 g/mol. The highest BCUT2D eigenvalue weighted by atomic mass is 32.2. The second-order valence-electron chi connectivity index (χ2n) is 3.79. The molecule has 2 rings (SSSR count). The van der Waals surface area contributed by atoms with E-state index in [1.807, 2.05) is 0 Å². The third kappa shape index (κ3) is 2.99. The van der Waals surface area contributed by atoms with E-state index in [1.165, 1.54) is 11.4 Å². The molecule has 0 fully saturated rings. The summed E-state index contributed by atoms with van der Waals surface area (Å²) in [6.45, 7) is 0. The monoisotopic (exact) mass is 300 g/mol. The molecule has 0 atom stereocenters. The van der Waals surface area contributed by atoms with Gasteiger partial charge < -0.3 is 5.11 Å². The lowest BCUT2D eigenvalue weighted by Gasteiger charge is -2.04. The first kappa shape index (κ1) is 13.7. The summed E-state index contributed by atoms with van der Waals surface area (Å²) in [5, 5.41) is 10.5. The van der Waals surface area contributed by atoms with Gasteiger partial charge in [0.25, 0.3) is 0 Å². The summed E-state index contributed by atoms with van der Waals surface area (Å²) >= 11 is 0.972. The Bertz CT molecular complexity index is 702. The van der Waals surface area contributed by atoms with Crippen molar-refractivity contribution < 1.29 is 22.7 Å². The maximum absolute atomic E-state index is 12.8. The number of carboxylic acids is 1. The molecule has 0 unspecified atom stereocenters. The molecule has 0 saturated carbocycles. The Kier molecular flexibility index (Phi) is 3.68. The van der Waals surface area contributed by atoms with Crippen molar-refractivity contribution >= 4 is 27.1 Å². The van der Waals surface area contributed by atoms with Crippen LogP contribution >= 0.6 is 11.3 Å². The Morgan fingerprint density at radius 3 is 2.42 bits per heavy atom. The number of benzene rings is 1. The third-order valence-corrected chi connectivity index (χ3v) is 5.09. The average Bonchev–Trinajstić information content (AvgIpc) is 2.77. The van der Waals surface area contributed by atoms with E-state index in [-0.39, 0.29) is 15.3 Å². The Labute approximate surface area is 113 Å². The summed E-state index contributed by atoms with van der Waals surface area (Å²) in [7, 11) is -3.68. The second kappa shape index (κ2) is 5.10. The minimum absolute atomic E-state index is 0.00527. The Morgan fingerprint density at radius 1 is 1.21 bits per heavy atom. The van der Waals surface area contributed by atoms with Crippen molar-refractivity contribution in [2.45, 2.75) is 10.6 Å². The van der Waals surface area contributed by atoms with Gasteiger partial charge in [-0.15, -0.1) is 11.3 Å². The summed E-state index contributed by atoms with van der Waals surface area (Å²) in [5.74, 6) is -2.09. The van der Waals surface area contributed by atoms with Crippen molar-refractivity contribution in [2.75, 3.05) is 0 Å². The predicted octanol–water partition coefficient (Wildman–Crippen LogP) is 2.56. The van der Waals surface area contributed by atoms with Gasteiger partial charge in [-0.25, -0.2) is 17.6 Å². The Balaban J connectivity index is 2.34. The van der Waals surface area contributed by atoms with Crippen LogP contribution in [0, 0.1) is 5.82 Å². The number of hydrogen-bond acceptors (Lipinski definition) is 4. The number of rotatable bonds is 4.